The molecule has 9 heteroatoms. The molecule has 0 spiro atoms. The van der Waals surface area contributed by atoms with Crippen LogP contribution in [0, 0.1) is 11.8 Å². The molecular weight excluding hydrogens is 360 g/mol. The highest BCUT2D eigenvalue weighted by Crippen LogP contribution is 2.22. The lowest BCUT2D eigenvalue weighted by Crippen LogP contribution is -2.47. The van der Waals surface area contributed by atoms with Crippen molar-refractivity contribution in [1.29, 1.82) is 0 Å². The minimum atomic E-state index is -0.868. The minimum absolute atomic E-state index is 0.135. The third-order valence-electron chi connectivity index (χ3n) is 4.80. The number of hydrogen-bond acceptors (Lipinski definition) is 5. The Kier molecular flexibility index (Phi) is 4.64. The van der Waals surface area contributed by atoms with Crippen molar-refractivity contribution in [3.63, 3.8) is 0 Å². The van der Waals surface area contributed by atoms with Crippen LogP contribution in [0.15, 0.2) is 42.9 Å². The van der Waals surface area contributed by atoms with Crippen molar-refractivity contribution in [3.05, 3.63) is 42.9 Å². The van der Waals surface area contributed by atoms with Gasteiger partial charge in [-0.3, -0.25) is 9.78 Å². The second-order valence-corrected chi connectivity index (χ2v) is 7.10. The van der Waals surface area contributed by atoms with Gasteiger partial charge >= 0.3 is 12.0 Å². The van der Waals surface area contributed by atoms with Gasteiger partial charge in [0, 0.05) is 13.1 Å². The number of nitrogens with zero attached hydrogens (tertiary/aromatic N) is 5. The van der Waals surface area contributed by atoms with Crippen molar-refractivity contribution in [2.45, 2.75) is 13.3 Å². The van der Waals surface area contributed by atoms with Gasteiger partial charge in [-0.15, -0.1) is 0 Å². The topological polar surface area (TPSA) is 113 Å². The highest BCUT2D eigenvalue weighted by atomic mass is 16.4. The Morgan fingerprint density at radius 3 is 2.75 bits per heavy atom. The minimum Gasteiger partial charge on any atom is -0.481 e. The summed E-state index contributed by atoms with van der Waals surface area (Å²) in [5, 5.41) is 16.3. The van der Waals surface area contributed by atoms with Crippen LogP contribution in [0.4, 0.5) is 10.5 Å². The molecule has 0 radical (unpaired) electrons. The smallest absolute Gasteiger partial charge is 0.321 e. The van der Waals surface area contributed by atoms with Crippen molar-refractivity contribution in [2.24, 2.45) is 11.8 Å². The number of carboxylic acid groups (broad SMARTS) is 1. The standard InChI is InChI=1S/C19H20N6O3/c1-12-6-13(18(26)27)10-24(9-12)19(28)22-14-7-21-25(11-14)17-8-20-15-4-2-3-5-16(15)23-17/h2-5,7-8,11-13H,6,9-10H2,1H3,(H,22,28)(H,26,27). The first-order valence-corrected chi connectivity index (χ1v) is 9.05. The van der Waals surface area contributed by atoms with Gasteiger partial charge < -0.3 is 15.3 Å². The molecule has 4 rings (SSSR count). The van der Waals surface area contributed by atoms with Crippen molar-refractivity contribution >= 4 is 28.7 Å². The third-order valence-corrected chi connectivity index (χ3v) is 4.80. The lowest BCUT2D eigenvalue weighted by atomic mass is 9.91. The summed E-state index contributed by atoms with van der Waals surface area (Å²) in [4.78, 5) is 34.3. The molecule has 2 aromatic heterocycles. The van der Waals surface area contributed by atoms with E-state index in [2.05, 4.69) is 20.4 Å². The Hall–Kier alpha value is -3.49. The van der Waals surface area contributed by atoms with Gasteiger partial charge in [0.1, 0.15) is 0 Å². The molecule has 1 fully saturated rings. The van der Waals surface area contributed by atoms with Crippen LogP contribution in [0.1, 0.15) is 13.3 Å². The summed E-state index contributed by atoms with van der Waals surface area (Å²) >= 11 is 0. The van der Waals surface area contributed by atoms with E-state index in [1.807, 2.05) is 31.2 Å². The molecule has 28 heavy (non-hydrogen) atoms. The van der Waals surface area contributed by atoms with Gasteiger partial charge in [0.2, 0.25) is 0 Å². The molecule has 144 valence electrons. The summed E-state index contributed by atoms with van der Waals surface area (Å²) in [5.41, 5.74) is 2.05. The van der Waals surface area contributed by atoms with E-state index in [4.69, 9.17) is 0 Å². The number of benzene rings is 1. The van der Waals surface area contributed by atoms with Gasteiger partial charge in [0.05, 0.1) is 41.2 Å². The SMILES string of the molecule is CC1CC(C(=O)O)CN(C(=O)Nc2cnn(-c3cnc4ccccc4n3)c2)C1. The van der Waals surface area contributed by atoms with Crippen LogP contribution in [0.25, 0.3) is 16.9 Å². The summed E-state index contributed by atoms with van der Waals surface area (Å²) in [7, 11) is 0. The number of rotatable bonds is 3. The molecule has 2 atom stereocenters. The van der Waals surface area contributed by atoms with E-state index >= 15 is 0 Å². The fraction of sp³-hybridized carbons (Fsp3) is 0.316. The van der Waals surface area contributed by atoms with E-state index in [9.17, 15) is 14.7 Å². The maximum absolute atomic E-state index is 12.6. The number of fused-ring (bicyclic) bond motifs is 1. The Bertz CT molecular complexity index is 1030. The molecule has 3 heterocycles. The lowest BCUT2D eigenvalue weighted by Gasteiger charge is -2.34. The number of anilines is 1. The zero-order chi connectivity index (χ0) is 19.7. The normalized spacial score (nSPS) is 19.5. The van der Waals surface area contributed by atoms with Gasteiger partial charge in [-0.2, -0.15) is 5.10 Å². The van der Waals surface area contributed by atoms with Crippen molar-refractivity contribution in [1.82, 2.24) is 24.6 Å². The van der Waals surface area contributed by atoms with Gasteiger partial charge in [-0.25, -0.2) is 14.5 Å². The van der Waals surface area contributed by atoms with Crippen LogP contribution in [-0.2, 0) is 4.79 Å². The largest absolute Gasteiger partial charge is 0.481 e. The number of para-hydroxylation sites is 2. The lowest BCUT2D eigenvalue weighted by molar-refractivity contribution is -0.143. The Morgan fingerprint density at radius 2 is 1.96 bits per heavy atom. The van der Waals surface area contributed by atoms with Gasteiger partial charge in [-0.1, -0.05) is 19.1 Å². The van der Waals surface area contributed by atoms with E-state index in [1.54, 1.807) is 17.3 Å². The molecule has 1 aliphatic heterocycles. The molecule has 1 aromatic carbocycles. The number of aromatic nitrogens is 4. The summed E-state index contributed by atoms with van der Waals surface area (Å²) < 4.78 is 1.54. The molecule has 2 N–H and O–H groups in total. The zero-order valence-electron chi connectivity index (χ0n) is 15.3. The highest BCUT2D eigenvalue weighted by Gasteiger charge is 2.32. The van der Waals surface area contributed by atoms with Crippen LogP contribution in [0.3, 0.4) is 0 Å². The molecule has 3 aromatic rings. The fourth-order valence-corrected chi connectivity index (χ4v) is 3.47. The maximum Gasteiger partial charge on any atom is 0.321 e. The average molecular weight is 380 g/mol. The van der Waals surface area contributed by atoms with Gasteiger partial charge in [-0.05, 0) is 24.5 Å². The number of likely N-dealkylation sites (tertiary alicyclic amines) is 1. The number of carboxylic acids is 1. The highest BCUT2D eigenvalue weighted by molar-refractivity contribution is 5.89. The van der Waals surface area contributed by atoms with E-state index < -0.39 is 11.9 Å². The van der Waals surface area contributed by atoms with Crippen LogP contribution < -0.4 is 5.32 Å². The second kappa shape index (κ2) is 7.26. The maximum atomic E-state index is 12.6. The van der Waals surface area contributed by atoms with E-state index in [0.717, 1.165) is 11.0 Å². The number of nitrogens with one attached hydrogen (secondary N) is 1. The Morgan fingerprint density at radius 1 is 1.18 bits per heavy atom. The van der Waals surface area contributed by atoms with E-state index in [-0.39, 0.29) is 18.5 Å². The van der Waals surface area contributed by atoms with Crippen LogP contribution in [0.5, 0.6) is 0 Å². The number of urea groups is 1. The van der Waals surface area contributed by atoms with E-state index in [0.29, 0.717) is 24.5 Å². The van der Waals surface area contributed by atoms with Gasteiger partial charge in [0.15, 0.2) is 5.82 Å². The molecule has 0 aliphatic carbocycles. The molecule has 1 aliphatic rings. The van der Waals surface area contributed by atoms with Crippen LogP contribution in [0.2, 0.25) is 0 Å². The average Bonchev–Trinajstić information content (AvgIpc) is 3.15. The van der Waals surface area contributed by atoms with Crippen molar-refractivity contribution in [2.75, 3.05) is 18.4 Å². The summed E-state index contributed by atoms with van der Waals surface area (Å²) in [5.74, 6) is -0.731. The summed E-state index contributed by atoms with van der Waals surface area (Å²) in [6.45, 7) is 2.68. The quantitative estimate of drug-likeness (QED) is 0.721. The van der Waals surface area contributed by atoms with Crippen LogP contribution in [-0.4, -0.2) is 54.8 Å². The first-order chi connectivity index (χ1) is 13.5. The molecule has 2 amide bonds. The summed E-state index contributed by atoms with van der Waals surface area (Å²) in [6.07, 6.45) is 5.37. The second-order valence-electron chi connectivity index (χ2n) is 7.10. The predicted molar refractivity (Wildman–Crippen MR) is 102 cm³/mol. The van der Waals surface area contributed by atoms with Gasteiger partial charge in [0.25, 0.3) is 0 Å². The monoisotopic (exact) mass is 380 g/mol. The molecular formula is C19H20N6O3. The summed E-state index contributed by atoms with van der Waals surface area (Å²) in [6, 6.07) is 7.20. The van der Waals surface area contributed by atoms with E-state index in [1.165, 1.54) is 10.9 Å². The first-order valence-electron chi connectivity index (χ1n) is 9.05. The number of carbonyl (C=O) groups is 2. The number of piperidine rings is 1. The fourth-order valence-electron chi connectivity index (χ4n) is 3.47. The molecule has 0 saturated carbocycles. The third kappa shape index (κ3) is 3.64. The predicted octanol–water partition coefficient (Wildman–Crippen LogP) is 2.39. The van der Waals surface area contributed by atoms with Crippen molar-refractivity contribution < 1.29 is 14.7 Å². The van der Waals surface area contributed by atoms with Crippen molar-refractivity contribution in [3.8, 4) is 5.82 Å². The van der Waals surface area contributed by atoms with Crippen LogP contribution >= 0.6 is 0 Å². The number of hydrogen-bond donors (Lipinski definition) is 2. The number of carbonyl (C=O) groups excluding carboxylic acids is 1. The first kappa shape index (κ1) is 17.9. The zero-order valence-corrected chi connectivity index (χ0v) is 15.3. The molecule has 9 nitrogen and oxygen atoms in total. The Labute approximate surface area is 161 Å². The number of amides is 2. The Balaban J connectivity index is 1.48. The number of aliphatic carboxylic acids is 1. The molecule has 0 bridgehead atoms. The molecule has 2 unspecified atom stereocenters. The molecule has 1 saturated heterocycles.